The minimum absolute atomic E-state index is 0.307. The lowest BCUT2D eigenvalue weighted by atomic mass is 10.1. The molecule has 18 heavy (non-hydrogen) atoms. The van der Waals surface area contributed by atoms with Gasteiger partial charge in [0.25, 0.3) is 0 Å². The molecule has 0 heterocycles. The molecular formula is C14H13F2NO. The molecule has 0 aliphatic rings. The Morgan fingerprint density at radius 1 is 1.06 bits per heavy atom. The van der Waals surface area contributed by atoms with E-state index < -0.39 is 11.9 Å². The van der Waals surface area contributed by atoms with Crippen molar-refractivity contribution < 1.29 is 13.5 Å². The van der Waals surface area contributed by atoms with Gasteiger partial charge in [0.15, 0.2) is 0 Å². The summed E-state index contributed by atoms with van der Waals surface area (Å²) < 4.78 is 31.9. The molecule has 2 aromatic carbocycles. The Labute approximate surface area is 104 Å². The van der Waals surface area contributed by atoms with E-state index in [1.54, 1.807) is 19.1 Å². The molecule has 0 spiro atoms. The number of hydrogen-bond acceptors (Lipinski definition) is 2. The number of ether oxygens (including phenoxy) is 1. The maximum Gasteiger partial charge on any atom is 0.135 e. The predicted octanol–water partition coefficient (Wildman–Crippen LogP) is 3.78. The van der Waals surface area contributed by atoms with Crippen LogP contribution in [0.1, 0.15) is 18.5 Å². The maximum atomic E-state index is 13.6. The number of rotatable bonds is 3. The van der Waals surface area contributed by atoms with Gasteiger partial charge in [-0.1, -0.05) is 6.07 Å². The minimum Gasteiger partial charge on any atom is -0.457 e. The summed E-state index contributed by atoms with van der Waals surface area (Å²) in [6.45, 7) is 1.68. The van der Waals surface area contributed by atoms with Gasteiger partial charge in [0.05, 0.1) is 0 Å². The Morgan fingerprint density at radius 3 is 2.33 bits per heavy atom. The summed E-state index contributed by atoms with van der Waals surface area (Å²) in [4.78, 5) is 0. The van der Waals surface area contributed by atoms with Crippen LogP contribution in [0.5, 0.6) is 11.5 Å². The molecule has 2 aromatic rings. The highest BCUT2D eigenvalue weighted by Gasteiger charge is 2.14. The number of hydrogen-bond donors (Lipinski definition) is 1. The lowest BCUT2D eigenvalue weighted by Crippen LogP contribution is -2.09. The van der Waals surface area contributed by atoms with Crippen LogP contribution < -0.4 is 10.5 Å². The normalized spacial score (nSPS) is 12.2. The van der Waals surface area contributed by atoms with E-state index >= 15 is 0 Å². The highest BCUT2D eigenvalue weighted by molar-refractivity contribution is 5.40. The van der Waals surface area contributed by atoms with Gasteiger partial charge in [-0.2, -0.15) is 0 Å². The van der Waals surface area contributed by atoms with Crippen LogP contribution in [0.15, 0.2) is 42.5 Å². The Balaban J connectivity index is 2.34. The van der Waals surface area contributed by atoms with E-state index in [1.165, 1.54) is 30.3 Å². The van der Waals surface area contributed by atoms with Gasteiger partial charge in [-0.25, -0.2) is 8.78 Å². The Bertz CT molecular complexity index is 538. The van der Waals surface area contributed by atoms with Crippen LogP contribution in [0.4, 0.5) is 8.78 Å². The van der Waals surface area contributed by atoms with Crippen molar-refractivity contribution >= 4 is 0 Å². The van der Waals surface area contributed by atoms with Gasteiger partial charge in [0.2, 0.25) is 0 Å². The highest BCUT2D eigenvalue weighted by atomic mass is 19.1. The van der Waals surface area contributed by atoms with Crippen LogP contribution in [-0.2, 0) is 0 Å². The monoisotopic (exact) mass is 249 g/mol. The zero-order chi connectivity index (χ0) is 13.1. The van der Waals surface area contributed by atoms with Crippen molar-refractivity contribution in [3.63, 3.8) is 0 Å². The predicted molar refractivity (Wildman–Crippen MR) is 65.5 cm³/mol. The lowest BCUT2D eigenvalue weighted by molar-refractivity contribution is 0.459. The van der Waals surface area contributed by atoms with Crippen molar-refractivity contribution in [2.75, 3.05) is 0 Å². The number of halogens is 2. The van der Waals surface area contributed by atoms with Crippen LogP contribution in [0.2, 0.25) is 0 Å². The molecule has 2 N–H and O–H groups in total. The van der Waals surface area contributed by atoms with Crippen LogP contribution in [0.3, 0.4) is 0 Å². The first-order valence-electron chi connectivity index (χ1n) is 5.55. The third-order valence-corrected chi connectivity index (χ3v) is 2.51. The molecule has 0 aromatic heterocycles. The van der Waals surface area contributed by atoms with Gasteiger partial charge in [-0.3, -0.25) is 0 Å². The summed E-state index contributed by atoms with van der Waals surface area (Å²) >= 11 is 0. The number of benzene rings is 2. The topological polar surface area (TPSA) is 35.2 Å². The molecule has 0 aliphatic carbocycles. The second-order valence-corrected chi connectivity index (χ2v) is 4.00. The molecule has 0 aliphatic heterocycles. The molecule has 94 valence electrons. The molecule has 4 heteroatoms. The first kappa shape index (κ1) is 12.5. The third kappa shape index (κ3) is 2.65. The molecule has 0 amide bonds. The van der Waals surface area contributed by atoms with Gasteiger partial charge in [0, 0.05) is 11.6 Å². The van der Waals surface area contributed by atoms with E-state index in [0.29, 0.717) is 17.1 Å². The summed E-state index contributed by atoms with van der Waals surface area (Å²) in [7, 11) is 0. The van der Waals surface area contributed by atoms with Gasteiger partial charge in [0.1, 0.15) is 23.1 Å². The average molecular weight is 249 g/mol. The van der Waals surface area contributed by atoms with Gasteiger partial charge in [-0.05, 0) is 43.3 Å². The highest BCUT2D eigenvalue weighted by Crippen LogP contribution is 2.30. The summed E-state index contributed by atoms with van der Waals surface area (Å²) in [6.07, 6.45) is 0. The molecule has 2 rings (SSSR count). The van der Waals surface area contributed by atoms with Gasteiger partial charge in [-0.15, -0.1) is 0 Å². The van der Waals surface area contributed by atoms with E-state index in [1.807, 2.05) is 0 Å². The lowest BCUT2D eigenvalue weighted by Gasteiger charge is -2.14. The summed E-state index contributed by atoms with van der Waals surface area (Å²) in [5.74, 6) is 0.0131. The van der Waals surface area contributed by atoms with Crippen LogP contribution in [-0.4, -0.2) is 0 Å². The van der Waals surface area contributed by atoms with E-state index in [4.69, 9.17) is 10.5 Å². The zero-order valence-corrected chi connectivity index (χ0v) is 9.86. The molecule has 1 atom stereocenters. The molecule has 0 bridgehead atoms. The van der Waals surface area contributed by atoms with Crippen molar-refractivity contribution in [3.05, 3.63) is 59.7 Å². The SMILES string of the molecule is CC(N)c1c(F)cccc1Oc1ccc(F)cc1. The smallest absolute Gasteiger partial charge is 0.135 e. The molecule has 2 nitrogen and oxygen atoms in total. The zero-order valence-electron chi connectivity index (χ0n) is 9.86. The van der Waals surface area contributed by atoms with Crippen molar-refractivity contribution in [1.82, 2.24) is 0 Å². The van der Waals surface area contributed by atoms with Crippen molar-refractivity contribution in [1.29, 1.82) is 0 Å². The first-order chi connectivity index (χ1) is 8.58. The van der Waals surface area contributed by atoms with E-state index in [0.717, 1.165) is 0 Å². The van der Waals surface area contributed by atoms with E-state index in [2.05, 4.69) is 0 Å². The third-order valence-electron chi connectivity index (χ3n) is 2.51. The second kappa shape index (κ2) is 5.14. The van der Waals surface area contributed by atoms with E-state index in [-0.39, 0.29) is 5.82 Å². The van der Waals surface area contributed by atoms with Gasteiger partial charge >= 0.3 is 0 Å². The average Bonchev–Trinajstić information content (AvgIpc) is 2.32. The van der Waals surface area contributed by atoms with Crippen LogP contribution in [0.25, 0.3) is 0 Å². The van der Waals surface area contributed by atoms with Crippen LogP contribution >= 0.6 is 0 Å². The Morgan fingerprint density at radius 2 is 1.72 bits per heavy atom. The molecule has 0 fully saturated rings. The summed E-state index contributed by atoms with van der Waals surface area (Å²) in [5.41, 5.74) is 6.02. The molecule has 0 saturated carbocycles. The van der Waals surface area contributed by atoms with Crippen molar-refractivity contribution in [2.45, 2.75) is 13.0 Å². The maximum absolute atomic E-state index is 13.6. The molecule has 0 saturated heterocycles. The molecule has 1 unspecified atom stereocenters. The fraction of sp³-hybridized carbons (Fsp3) is 0.143. The van der Waals surface area contributed by atoms with Crippen LogP contribution in [0, 0.1) is 11.6 Å². The molecular weight excluding hydrogens is 236 g/mol. The van der Waals surface area contributed by atoms with E-state index in [9.17, 15) is 8.78 Å². The van der Waals surface area contributed by atoms with Crippen molar-refractivity contribution in [2.24, 2.45) is 5.73 Å². The largest absolute Gasteiger partial charge is 0.457 e. The fourth-order valence-corrected chi connectivity index (χ4v) is 1.68. The quantitative estimate of drug-likeness (QED) is 0.898. The Kier molecular flexibility index (Phi) is 3.58. The summed E-state index contributed by atoms with van der Waals surface area (Å²) in [5, 5.41) is 0. The Hall–Kier alpha value is -1.94. The standard InChI is InChI=1S/C14H13F2NO/c1-9(17)14-12(16)3-2-4-13(14)18-11-7-5-10(15)6-8-11/h2-9H,17H2,1H3. The fourth-order valence-electron chi connectivity index (χ4n) is 1.68. The first-order valence-corrected chi connectivity index (χ1v) is 5.55. The van der Waals surface area contributed by atoms with Gasteiger partial charge < -0.3 is 10.5 Å². The second-order valence-electron chi connectivity index (χ2n) is 4.00. The van der Waals surface area contributed by atoms with Crippen molar-refractivity contribution in [3.8, 4) is 11.5 Å². The summed E-state index contributed by atoms with van der Waals surface area (Å²) in [6, 6.07) is 9.53. The molecule has 0 radical (unpaired) electrons. The number of nitrogens with two attached hydrogens (primary N) is 1. The minimum atomic E-state index is -0.485.